The van der Waals surface area contributed by atoms with Crippen LogP contribution >= 0.6 is 10.6 Å². The first-order valence-electron chi connectivity index (χ1n) is 9.49. The highest BCUT2D eigenvalue weighted by Crippen LogP contribution is 2.40. The molecule has 3 aromatic rings. The zero-order valence-corrected chi connectivity index (χ0v) is 17.1. The molecule has 2 aromatic carbocycles. The maximum absolute atomic E-state index is 13.0. The van der Waals surface area contributed by atoms with E-state index in [2.05, 4.69) is 10.3 Å². The number of fused-ring (bicyclic) bond motifs is 1. The first kappa shape index (κ1) is 21.4. The summed E-state index contributed by atoms with van der Waals surface area (Å²) < 4.78 is 58.6. The number of aromatic nitrogens is 1. The molecule has 0 radical (unpaired) electrons. The second-order valence-corrected chi connectivity index (χ2v) is 9.69. The Morgan fingerprint density at radius 1 is 1.03 bits per heavy atom. The number of pyridine rings is 1. The van der Waals surface area contributed by atoms with Crippen molar-refractivity contribution in [2.45, 2.75) is 6.18 Å². The molecule has 0 saturated carbocycles. The maximum atomic E-state index is 13.0. The fraction of sp³-hybridized carbons (Fsp3) is 0.238. The summed E-state index contributed by atoms with van der Waals surface area (Å²) in [5.41, 5.74) is -0.193. The summed E-state index contributed by atoms with van der Waals surface area (Å²) >= 11 is 0. The molecule has 6 nitrogen and oxygen atoms in total. The van der Waals surface area contributed by atoms with Gasteiger partial charge in [-0.1, -0.05) is 30.3 Å². The molecule has 1 amide bonds. The summed E-state index contributed by atoms with van der Waals surface area (Å²) in [6.45, 7) is 0.472. The zero-order valence-electron chi connectivity index (χ0n) is 16.3. The molecule has 0 unspecified atom stereocenters. The lowest BCUT2D eigenvalue weighted by Gasteiger charge is -2.41. The number of alkyl halides is 3. The van der Waals surface area contributed by atoms with Gasteiger partial charge in [0.25, 0.3) is 5.91 Å². The van der Waals surface area contributed by atoms with E-state index in [1.165, 1.54) is 18.3 Å². The molecular weight excluding hydrogens is 431 g/mol. The molecule has 0 atom stereocenters. The number of anilines is 2. The van der Waals surface area contributed by atoms with Gasteiger partial charge in [-0.15, -0.1) is 0 Å². The van der Waals surface area contributed by atoms with Crippen LogP contribution in [-0.4, -0.2) is 49.5 Å². The number of carbonyl (C=O) groups excluding carboxylic acids is 1. The summed E-state index contributed by atoms with van der Waals surface area (Å²) in [5.74, 6) is 0.335. The number of nitrogens with zero attached hydrogens (tertiary/aromatic N) is 2. The van der Waals surface area contributed by atoms with E-state index < -0.39 is 22.3 Å². The number of carbonyl (C=O) groups is 1. The Balaban J connectivity index is 1.66. The molecule has 1 aromatic heterocycles. The van der Waals surface area contributed by atoms with Crippen molar-refractivity contribution >= 4 is 38.8 Å². The van der Waals surface area contributed by atoms with E-state index in [0.717, 1.165) is 12.1 Å². The first-order chi connectivity index (χ1) is 14.6. The minimum Gasteiger partial charge on any atom is -0.340 e. The molecule has 1 aliphatic rings. The molecule has 10 heteroatoms. The summed E-state index contributed by atoms with van der Waals surface area (Å²) in [7, 11) is -2.63. The average Bonchev–Trinajstić information content (AvgIpc) is 2.73. The Bertz CT molecular complexity index is 1130. The van der Waals surface area contributed by atoms with Crippen LogP contribution in [0.15, 0.2) is 54.7 Å². The molecule has 1 fully saturated rings. The number of benzene rings is 2. The van der Waals surface area contributed by atoms with Gasteiger partial charge < -0.3 is 10.2 Å². The maximum Gasteiger partial charge on any atom is 0.416 e. The fourth-order valence-corrected chi connectivity index (χ4v) is 4.70. The number of rotatable bonds is 3. The standard InChI is InChI=1S/C21H20F3N3O3S/c22-21(23,24)14-4-3-5-15(12-14)26-19-17-7-2-1-6-16(17)18(13-25-19)20(28)27-8-10-31(29,30)11-9-27/h1-7,12-13,29-30H,8-11H2,(H,25,26). The van der Waals surface area contributed by atoms with Crippen LogP contribution in [0.1, 0.15) is 15.9 Å². The van der Waals surface area contributed by atoms with Crippen molar-refractivity contribution in [3.8, 4) is 0 Å². The predicted molar refractivity (Wildman–Crippen MR) is 115 cm³/mol. The van der Waals surface area contributed by atoms with Gasteiger partial charge in [0.05, 0.1) is 22.6 Å². The van der Waals surface area contributed by atoms with Gasteiger partial charge in [0, 0.05) is 30.4 Å². The van der Waals surface area contributed by atoms with E-state index in [1.54, 1.807) is 29.2 Å². The lowest BCUT2D eigenvalue weighted by molar-refractivity contribution is -0.137. The van der Waals surface area contributed by atoms with E-state index in [-0.39, 0.29) is 36.2 Å². The van der Waals surface area contributed by atoms with Crippen molar-refractivity contribution in [3.05, 3.63) is 65.9 Å². The Morgan fingerprint density at radius 2 is 1.71 bits per heavy atom. The van der Waals surface area contributed by atoms with E-state index in [9.17, 15) is 27.1 Å². The third-order valence-corrected chi connectivity index (χ3v) is 6.81. The highest BCUT2D eigenvalue weighted by atomic mass is 32.3. The molecule has 3 N–H and O–H groups in total. The van der Waals surface area contributed by atoms with Crippen LogP contribution in [-0.2, 0) is 6.18 Å². The Morgan fingerprint density at radius 3 is 2.39 bits per heavy atom. The zero-order chi connectivity index (χ0) is 22.2. The van der Waals surface area contributed by atoms with Crippen LogP contribution in [0, 0.1) is 0 Å². The lowest BCUT2D eigenvalue weighted by atomic mass is 10.1. The van der Waals surface area contributed by atoms with Crippen molar-refractivity contribution in [1.82, 2.24) is 9.88 Å². The normalized spacial score (nSPS) is 17.4. The van der Waals surface area contributed by atoms with Gasteiger partial charge in [-0.2, -0.15) is 23.8 Å². The summed E-state index contributed by atoms with van der Waals surface area (Å²) in [4.78, 5) is 18.9. The second-order valence-electron chi connectivity index (χ2n) is 7.27. The largest absolute Gasteiger partial charge is 0.416 e. The quantitative estimate of drug-likeness (QED) is 0.509. The summed E-state index contributed by atoms with van der Waals surface area (Å²) in [6.07, 6.45) is -3.06. The number of halogens is 3. The fourth-order valence-electron chi connectivity index (χ4n) is 3.47. The molecule has 0 bridgehead atoms. The topological polar surface area (TPSA) is 85.7 Å². The number of hydrogen-bond donors (Lipinski definition) is 3. The van der Waals surface area contributed by atoms with E-state index in [0.29, 0.717) is 22.2 Å². The van der Waals surface area contributed by atoms with Crippen LogP contribution < -0.4 is 5.32 Å². The molecule has 1 saturated heterocycles. The first-order valence-corrected chi connectivity index (χ1v) is 11.4. The van der Waals surface area contributed by atoms with Gasteiger partial charge >= 0.3 is 6.18 Å². The molecule has 164 valence electrons. The highest BCUT2D eigenvalue weighted by molar-refractivity contribution is 8.24. The van der Waals surface area contributed by atoms with Crippen molar-refractivity contribution in [2.24, 2.45) is 0 Å². The molecular formula is C21H20F3N3O3S. The minimum atomic E-state index is -4.46. The monoisotopic (exact) mass is 451 g/mol. The predicted octanol–water partition coefficient (Wildman–Crippen LogP) is 5.20. The van der Waals surface area contributed by atoms with Crippen LogP contribution in [0.25, 0.3) is 10.8 Å². The molecule has 31 heavy (non-hydrogen) atoms. The van der Waals surface area contributed by atoms with Gasteiger partial charge in [-0.3, -0.25) is 13.9 Å². The second kappa shape index (κ2) is 8.03. The number of nitrogens with one attached hydrogen (secondary N) is 1. The van der Waals surface area contributed by atoms with E-state index >= 15 is 0 Å². The highest BCUT2D eigenvalue weighted by Gasteiger charge is 2.30. The molecule has 1 aliphatic heterocycles. The Kier molecular flexibility index (Phi) is 5.54. The summed E-state index contributed by atoms with van der Waals surface area (Å²) in [6, 6.07) is 11.8. The smallest absolute Gasteiger partial charge is 0.340 e. The molecule has 4 rings (SSSR count). The molecule has 2 heterocycles. The Labute approximate surface area is 178 Å². The van der Waals surface area contributed by atoms with Crippen molar-refractivity contribution in [1.29, 1.82) is 0 Å². The van der Waals surface area contributed by atoms with Crippen LogP contribution in [0.2, 0.25) is 0 Å². The van der Waals surface area contributed by atoms with Crippen molar-refractivity contribution in [3.63, 3.8) is 0 Å². The molecule has 0 spiro atoms. The Hall–Kier alpha value is -2.82. The van der Waals surface area contributed by atoms with Crippen LogP contribution in [0.4, 0.5) is 24.7 Å². The number of amides is 1. The van der Waals surface area contributed by atoms with E-state index in [4.69, 9.17) is 0 Å². The van der Waals surface area contributed by atoms with Crippen LogP contribution in [0.3, 0.4) is 0 Å². The average molecular weight is 451 g/mol. The van der Waals surface area contributed by atoms with Gasteiger partial charge in [-0.25, -0.2) is 4.98 Å². The third kappa shape index (κ3) is 4.60. The van der Waals surface area contributed by atoms with Gasteiger partial charge in [0.1, 0.15) is 5.82 Å². The van der Waals surface area contributed by atoms with Crippen LogP contribution in [0.5, 0.6) is 0 Å². The van der Waals surface area contributed by atoms with Gasteiger partial charge in [0.2, 0.25) is 0 Å². The third-order valence-electron chi connectivity index (χ3n) is 5.14. The van der Waals surface area contributed by atoms with Gasteiger partial charge in [0.15, 0.2) is 0 Å². The van der Waals surface area contributed by atoms with Crippen molar-refractivity contribution < 1.29 is 27.1 Å². The van der Waals surface area contributed by atoms with E-state index in [1.807, 2.05) is 0 Å². The number of hydrogen-bond acceptors (Lipinski definition) is 5. The minimum absolute atomic E-state index is 0.138. The van der Waals surface area contributed by atoms with Crippen molar-refractivity contribution in [2.75, 3.05) is 29.9 Å². The van der Waals surface area contributed by atoms with Gasteiger partial charge in [-0.05, 0) is 23.6 Å². The lowest BCUT2D eigenvalue weighted by Crippen LogP contribution is -2.42. The summed E-state index contributed by atoms with van der Waals surface area (Å²) in [5, 5.41) is 4.11. The SMILES string of the molecule is O=C(c1cnc(Nc2cccc(C(F)(F)F)c2)c2ccccc12)N1CCS(O)(O)CC1. The molecule has 0 aliphatic carbocycles.